The van der Waals surface area contributed by atoms with Crippen molar-refractivity contribution in [3.05, 3.63) is 17.8 Å². The molecule has 1 N–H and O–H groups in total. The fourth-order valence-corrected chi connectivity index (χ4v) is 3.58. The zero-order chi connectivity index (χ0) is 11.0. The van der Waals surface area contributed by atoms with Crippen LogP contribution in [0.25, 0.3) is 0 Å². The average molecular weight is 235 g/mol. The molecule has 1 unspecified atom stereocenters. The Morgan fingerprint density at radius 2 is 2.50 bits per heavy atom. The summed E-state index contributed by atoms with van der Waals surface area (Å²) in [5, 5.41) is 3.51. The summed E-state index contributed by atoms with van der Waals surface area (Å²) >= 11 is 2.07. The Labute approximate surface area is 101 Å². The fraction of sp³-hybridized carbons (Fsp3) is 0.583. The van der Waals surface area contributed by atoms with E-state index in [2.05, 4.69) is 40.0 Å². The number of hydrogen-bond acceptors (Lipinski definition) is 4. The first-order chi connectivity index (χ1) is 7.84. The third-order valence-corrected chi connectivity index (χ3v) is 4.39. The van der Waals surface area contributed by atoms with E-state index in [-0.39, 0.29) is 0 Å². The Bertz CT molecular complexity index is 394. The maximum atomic E-state index is 4.62. The molecule has 3 nitrogen and oxygen atoms in total. The predicted octanol–water partition coefficient (Wildman–Crippen LogP) is 2.13. The van der Waals surface area contributed by atoms with Crippen LogP contribution in [0.2, 0.25) is 0 Å². The van der Waals surface area contributed by atoms with Crippen molar-refractivity contribution in [2.24, 2.45) is 0 Å². The number of nitrogens with one attached hydrogen (secondary N) is 1. The molecule has 3 rings (SSSR count). The van der Waals surface area contributed by atoms with Crippen molar-refractivity contribution >= 4 is 23.3 Å². The van der Waals surface area contributed by atoms with Gasteiger partial charge >= 0.3 is 0 Å². The molecule has 0 saturated carbocycles. The normalized spacial score (nSPS) is 24.1. The Balaban J connectivity index is 2.00. The number of aryl methyl sites for hydroxylation is 1. The summed E-state index contributed by atoms with van der Waals surface area (Å²) < 4.78 is 0. The van der Waals surface area contributed by atoms with Crippen molar-refractivity contribution in [3.63, 3.8) is 0 Å². The molecular weight excluding hydrogens is 218 g/mol. The highest BCUT2D eigenvalue weighted by atomic mass is 32.2. The summed E-state index contributed by atoms with van der Waals surface area (Å²) in [6.45, 7) is 4.31. The number of hydrogen-bond donors (Lipinski definition) is 1. The molecule has 0 aromatic carbocycles. The summed E-state index contributed by atoms with van der Waals surface area (Å²) in [6.07, 6.45) is 3.20. The third-order valence-electron chi connectivity index (χ3n) is 3.30. The van der Waals surface area contributed by atoms with Gasteiger partial charge in [0.25, 0.3) is 0 Å². The third kappa shape index (κ3) is 1.75. The summed E-state index contributed by atoms with van der Waals surface area (Å²) in [4.78, 5) is 7.11. The second kappa shape index (κ2) is 4.17. The van der Waals surface area contributed by atoms with Gasteiger partial charge in [-0.3, -0.25) is 0 Å². The van der Waals surface area contributed by atoms with Crippen LogP contribution in [0.5, 0.6) is 0 Å². The molecule has 0 amide bonds. The lowest BCUT2D eigenvalue weighted by molar-refractivity contribution is 0.619. The summed E-state index contributed by atoms with van der Waals surface area (Å²) in [6, 6.07) is 2.88. The summed E-state index contributed by atoms with van der Waals surface area (Å²) in [5.41, 5.74) is 2.45. The topological polar surface area (TPSA) is 28.2 Å². The number of rotatable bonds is 0. The Morgan fingerprint density at radius 1 is 1.56 bits per heavy atom. The minimum absolute atomic E-state index is 0.669. The number of thioether (sulfide) groups is 1. The predicted molar refractivity (Wildman–Crippen MR) is 70.5 cm³/mol. The van der Waals surface area contributed by atoms with E-state index in [1.54, 1.807) is 0 Å². The maximum absolute atomic E-state index is 4.62. The molecule has 1 saturated heterocycles. The van der Waals surface area contributed by atoms with E-state index in [4.69, 9.17) is 0 Å². The Hall–Kier alpha value is -0.900. The molecule has 2 aliphatic heterocycles. The van der Waals surface area contributed by atoms with Crippen molar-refractivity contribution < 1.29 is 0 Å². The molecule has 0 aliphatic carbocycles. The minimum atomic E-state index is 0.669. The smallest absolute Gasteiger partial charge is 0.152 e. The molecule has 1 fully saturated rings. The molecule has 16 heavy (non-hydrogen) atoms. The second-order valence-corrected chi connectivity index (χ2v) is 5.67. The average Bonchev–Trinajstić information content (AvgIpc) is 2.47. The van der Waals surface area contributed by atoms with Crippen molar-refractivity contribution in [1.29, 1.82) is 0 Å². The van der Waals surface area contributed by atoms with Gasteiger partial charge in [-0.15, -0.1) is 0 Å². The van der Waals surface area contributed by atoms with E-state index in [9.17, 15) is 0 Å². The number of fused-ring (bicyclic) bond motifs is 3. The van der Waals surface area contributed by atoms with E-state index in [1.807, 2.05) is 6.20 Å². The first-order valence-corrected chi connectivity index (χ1v) is 7.05. The SMILES string of the molecule is Cc1cnc2c(c1)NCCC1CSCCN21. The van der Waals surface area contributed by atoms with Crippen molar-refractivity contribution in [2.75, 3.05) is 34.8 Å². The quantitative estimate of drug-likeness (QED) is 0.745. The van der Waals surface area contributed by atoms with Crippen LogP contribution >= 0.6 is 11.8 Å². The van der Waals surface area contributed by atoms with Crippen LogP contribution in [0.15, 0.2) is 12.3 Å². The van der Waals surface area contributed by atoms with Crippen molar-refractivity contribution in [3.8, 4) is 0 Å². The van der Waals surface area contributed by atoms with Gasteiger partial charge in [-0.05, 0) is 25.0 Å². The molecule has 1 aromatic rings. The molecule has 3 heterocycles. The van der Waals surface area contributed by atoms with Crippen LogP contribution in [0, 0.1) is 6.92 Å². The number of anilines is 2. The van der Waals surface area contributed by atoms with E-state index in [0.29, 0.717) is 6.04 Å². The summed E-state index contributed by atoms with van der Waals surface area (Å²) in [5.74, 6) is 3.63. The fourth-order valence-electron chi connectivity index (χ4n) is 2.47. The monoisotopic (exact) mass is 235 g/mol. The van der Waals surface area contributed by atoms with E-state index < -0.39 is 0 Å². The van der Waals surface area contributed by atoms with E-state index in [1.165, 1.54) is 29.2 Å². The van der Waals surface area contributed by atoms with Gasteiger partial charge in [-0.25, -0.2) is 4.98 Å². The van der Waals surface area contributed by atoms with Crippen LogP contribution in [0.1, 0.15) is 12.0 Å². The van der Waals surface area contributed by atoms with Crippen LogP contribution in [0.3, 0.4) is 0 Å². The molecule has 4 heteroatoms. The number of nitrogens with zero attached hydrogens (tertiary/aromatic N) is 2. The Kier molecular flexibility index (Phi) is 2.67. The van der Waals surface area contributed by atoms with Gasteiger partial charge < -0.3 is 10.2 Å². The van der Waals surface area contributed by atoms with Crippen LogP contribution < -0.4 is 10.2 Å². The standard InChI is InChI=1S/C12H17N3S/c1-9-6-11-12(14-7-9)15-4-5-16-8-10(15)2-3-13-11/h6-7,10,13H,2-5,8H2,1H3. The van der Waals surface area contributed by atoms with Gasteiger partial charge in [-0.2, -0.15) is 11.8 Å². The zero-order valence-electron chi connectivity index (χ0n) is 9.57. The van der Waals surface area contributed by atoms with Crippen molar-refractivity contribution in [1.82, 2.24) is 4.98 Å². The highest BCUT2D eigenvalue weighted by molar-refractivity contribution is 7.99. The molecule has 0 spiro atoms. The lowest BCUT2D eigenvalue weighted by Crippen LogP contribution is -2.42. The first-order valence-electron chi connectivity index (χ1n) is 5.89. The molecule has 1 aromatic heterocycles. The Morgan fingerprint density at radius 3 is 3.44 bits per heavy atom. The largest absolute Gasteiger partial charge is 0.382 e. The highest BCUT2D eigenvalue weighted by Gasteiger charge is 2.27. The van der Waals surface area contributed by atoms with Gasteiger partial charge in [0.05, 0.1) is 5.69 Å². The van der Waals surface area contributed by atoms with Gasteiger partial charge in [0.2, 0.25) is 0 Å². The maximum Gasteiger partial charge on any atom is 0.152 e. The number of aromatic nitrogens is 1. The van der Waals surface area contributed by atoms with E-state index in [0.717, 1.165) is 18.9 Å². The van der Waals surface area contributed by atoms with Gasteiger partial charge in [-0.1, -0.05) is 0 Å². The minimum Gasteiger partial charge on any atom is -0.382 e. The molecule has 0 bridgehead atoms. The van der Waals surface area contributed by atoms with Crippen LogP contribution in [-0.4, -0.2) is 35.6 Å². The number of pyridine rings is 1. The highest BCUT2D eigenvalue weighted by Crippen LogP contribution is 2.32. The zero-order valence-corrected chi connectivity index (χ0v) is 10.4. The van der Waals surface area contributed by atoms with Crippen LogP contribution in [-0.2, 0) is 0 Å². The molecule has 0 radical (unpaired) electrons. The van der Waals surface area contributed by atoms with Gasteiger partial charge in [0.15, 0.2) is 5.82 Å². The second-order valence-electron chi connectivity index (χ2n) is 4.52. The van der Waals surface area contributed by atoms with E-state index >= 15 is 0 Å². The summed E-state index contributed by atoms with van der Waals surface area (Å²) in [7, 11) is 0. The van der Waals surface area contributed by atoms with Gasteiger partial charge in [0.1, 0.15) is 0 Å². The lowest BCUT2D eigenvalue weighted by atomic mass is 10.2. The van der Waals surface area contributed by atoms with Gasteiger partial charge in [0, 0.05) is 36.8 Å². The van der Waals surface area contributed by atoms with Crippen LogP contribution in [0.4, 0.5) is 11.5 Å². The van der Waals surface area contributed by atoms with Crippen molar-refractivity contribution in [2.45, 2.75) is 19.4 Å². The molecule has 1 atom stereocenters. The lowest BCUT2D eigenvalue weighted by Gasteiger charge is -2.35. The molecule has 86 valence electrons. The molecule has 2 aliphatic rings. The molecular formula is C12H17N3S. The first kappa shape index (κ1) is 10.3.